The van der Waals surface area contributed by atoms with Crippen LogP contribution in [0.4, 0.5) is 5.69 Å². The Hall–Kier alpha value is -2.84. The Balaban J connectivity index is 2.37. The number of nitro benzene ring substituents is 1. The first-order chi connectivity index (χ1) is 8.59. The summed E-state index contributed by atoms with van der Waals surface area (Å²) in [4.78, 5) is 21.1. The second-order valence-corrected chi connectivity index (χ2v) is 3.35. The number of para-hydroxylation sites is 1. The molecule has 18 heavy (non-hydrogen) atoms. The molecular weight excluding hydrogens is 242 g/mol. The van der Waals surface area contributed by atoms with Gasteiger partial charge in [-0.25, -0.2) is 9.48 Å². The van der Waals surface area contributed by atoms with E-state index >= 15 is 0 Å². The lowest BCUT2D eigenvalue weighted by Gasteiger charge is -2.03. The normalized spacial score (nSPS) is 10.2. The molecule has 1 heterocycles. The van der Waals surface area contributed by atoms with Gasteiger partial charge >= 0.3 is 5.97 Å². The van der Waals surface area contributed by atoms with Crippen molar-refractivity contribution in [2.75, 3.05) is 0 Å². The number of aromatic carboxylic acids is 1. The van der Waals surface area contributed by atoms with E-state index in [2.05, 4.69) is 15.5 Å². The van der Waals surface area contributed by atoms with Gasteiger partial charge in [-0.2, -0.15) is 0 Å². The van der Waals surface area contributed by atoms with Crippen LogP contribution >= 0.6 is 0 Å². The predicted octanol–water partition coefficient (Wildman–Crippen LogP) is 0.328. The summed E-state index contributed by atoms with van der Waals surface area (Å²) in [5.41, 5.74) is 0.224. The number of benzene rings is 1. The van der Waals surface area contributed by atoms with Gasteiger partial charge in [-0.05, 0) is 10.4 Å². The van der Waals surface area contributed by atoms with E-state index in [1.807, 2.05) is 0 Å². The van der Waals surface area contributed by atoms with Crippen molar-refractivity contribution in [3.63, 3.8) is 0 Å². The summed E-state index contributed by atoms with van der Waals surface area (Å²) in [5.74, 6) is -1.66. The van der Waals surface area contributed by atoms with Gasteiger partial charge in [0.2, 0.25) is 0 Å². The van der Waals surface area contributed by atoms with Crippen molar-refractivity contribution in [3.05, 3.63) is 45.8 Å². The maximum atomic E-state index is 10.8. The molecule has 0 saturated carbocycles. The Morgan fingerprint density at radius 2 is 2.17 bits per heavy atom. The summed E-state index contributed by atoms with van der Waals surface area (Å²) in [6, 6.07) is 6.00. The number of carboxylic acid groups (broad SMARTS) is 1. The van der Waals surface area contributed by atoms with Crippen LogP contribution in [0.5, 0.6) is 0 Å². The molecule has 0 fully saturated rings. The summed E-state index contributed by atoms with van der Waals surface area (Å²) in [5, 5.41) is 29.6. The van der Waals surface area contributed by atoms with Crippen LogP contribution in [0.3, 0.4) is 0 Å². The fraction of sp³-hybridized carbons (Fsp3) is 0.111. The molecule has 1 N–H and O–H groups in total. The van der Waals surface area contributed by atoms with Crippen LogP contribution in [0.25, 0.3) is 0 Å². The quantitative estimate of drug-likeness (QED) is 0.611. The van der Waals surface area contributed by atoms with Crippen LogP contribution < -0.4 is 0 Å². The zero-order valence-electron chi connectivity index (χ0n) is 8.92. The van der Waals surface area contributed by atoms with Gasteiger partial charge in [0, 0.05) is 6.07 Å². The van der Waals surface area contributed by atoms with E-state index in [1.54, 1.807) is 6.07 Å². The highest BCUT2D eigenvalue weighted by Gasteiger charge is 2.18. The molecule has 0 aliphatic rings. The third-order valence-corrected chi connectivity index (χ3v) is 2.23. The van der Waals surface area contributed by atoms with Crippen molar-refractivity contribution < 1.29 is 14.8 Å². The third kappa shape index (κ3) is 2.14. The van der Waals surface area contributed by atoms with Crippen molar-refractivity contribution in [2.24, 2.45) is 0 Å². The van der Waals surface area contributed by atoms with Crippen LogP contribution in [-0.2, 0) is 6.54 Å². The molecule has 2 rings (SSSR count). The average Bonchev–Trinajstić information content (AvgIpc) is 2.77. The lowest BCUT2D eigenvalue weighted by atomic mass is 10.2. The summed E-state index contributed by atoms with van der Waals surface area (Å²) in [6.07, 6.45) is 0. The van der Waals surface area contributed by atoms with E-state index in [1.165, 1.54) is 18.2 Å². The lowest BCUT2D eigenvalue weighted by molar-refractivity contribution is -0.385. The molecule has 9 heteroatoms. The Morgan fingerprint density at radius 1 is 1.44 bits per heavy atom. The van der Waals surface area contributed by atoms with Gasteiger partial charge in [0.1, 0.15) is 0 Å². The molecule has 0 amide bonds. The minimum atomic E-state index is -1.29. The van der Waals surface area contributed by atoms with E-state index in [4.69, 9.17) is 5.11 Å². The number of tetrazole rings is 1. The summed E-state index contributed by atoms with van der Waals surface area (Å²) >= 11 is 0. The van der Waals surface area contributed by atoms with Crippen LogP contribution in [0.15, 0.2) is 24.3 Å². The Kier molecular flexibility index (Phi) is 2.96. The zero-order chi connectivity index (χ0) is 13.1. The fourth-order valence-electron chi connectivity index (χ4n) is 1.45. The predicted molar refractivity (Wildman–Crippen MR) is 57.0 cm³/mol. The zero-order valence-corrected chi connectivity index (χ0v) is 8.92. The third-order valence-electron chi connectivity index (χ3n) is 2.23. The molecule has 0 unspecified atom stereocenters. The fourth-order valence-corrected chi connectivity index (χ4v) is 1.45. The molecule has 0 bridgehead atoms. The van der Waals surface area contributed by atoms with Gasteiger partial charge in [-0.3, -0.25) is 10.1 Å². The SMILES string of the molecule is O=C(O)c1nnnn1Cc1ccccc1[N+](=O)[O-]. The minimum absolute atomic E-state index is 0.0776. The van der Waals surface area contributed by atoms with Crippen molar-refractivity contribution in [1.82, 2.24) is 20.2 Å². The summed E-state index contributed by atoms with van der Waals surface area (Å²) in [6.45, 7) is -0.0776. The Morgan fingerprint density at radius 3 is 2.83 bits per heavy atom. The lowest BCUT2D eigenvalue weighted by Crippen LogP contribution is -2.12. The molecule has 92 valence electrons. The largest absolute Gasteiger partial charge is 0.475 e. The van der Waals surface area contributed by atoms with Gasteiger partial charge in [0.05, 0.1) is 17.0 Å². The highest BCUT2D eigenvalue weighted by atomic mass is 16.6. The maximum absolute atomic E-state index is 10.8. The van der Waals surface area contributed by atoms with Gasteiger partial charge in [-0.1, -0.05) is 18.2 Å². The van der Waals surface area contributed by atoms with Gasteiger partial charge < -0.3 is 5.11 Å². The first kappa shape index (κ1) is 11.6. The number of carboxylic acids is 1. The molecule has 0 atom stereocenters. The average molecular weight is 249 g/mol. The molecule has 1 aromatic heterocycles. The van der Waals surface area contributed by atoms with Crippen LogP contribution in [0.1, 0.15) is 16.2 Å². The van der Waals surface area contributed by atoms with Crippen molar-refractivity contribution in [2.45, 2.75) is 6.54 Å². The minimum Gasteiger partial charge on any atom is -0.475 e. The van der Waals surface area contributed by atoms with E-state index < -0.39 is 10.9 Å². The Bertz CT molecular complexity index is 609. The number of nitro groups is 1. The smallest absolute Gasteiger partial charge is 0.375 e. The number of hydrogen-bond acceptors (Lipinski definition) is 6. The van der Waals surface area contributed by atoms with Gasteiger partial charge in [0.15, 0.2) is 0 Å². The highest BCUT2D eigenvalue weighted by molar-refractivity contribution is 5.83. The van der Waals surface area contributed by atoms with E-state index in [-0.39, 0.29) is 18.1 Å². The molecule has 0 spiro atoms. The molecule has 0 aliphatic heterocycles. The standard InChI is InChI=1S/C9H7N5O4/c15-9(16)8-10-11-12-13(8)5-6-3-1-2-4-7(6)14(17)18/h1-4H,5H2,(H,15,16). The summed E-state index contributed by atoms with van der Waals surface area (Å²) < 4.78 is 0.991. The van der Waals surface area contributed by atoms with Gasteiger partial charge in [-0.15, -0.1) is 5.10 Å². The van der Waals surface area contributed by atoms with Crippen LogP contribution in [0.2, 0.25) is 0 Å². The number of hydrogen-bond donors (Lipinski definition) is 1. The monoisotopic (exact) mass is 249 g/mol. The first-order valence-corrected chi connectivity index (χ1v) is 4.81. The van der Waals surface area contributed by atoms with E-state index in [0.29, 0.717) is 5.56 Å². The van der Waals surface area contributed by atoms with E-state index in [0.717, 1.165) is 4.68 Å². The molecule has 0 aliphatic carbocycles. The number of rotatable bonds is 4. The maximum Gasteiger partial charge on any atom is 0.375 e. The molecular formula is C9H7N5O4. The summed E-state index contributed by atoms with van der Waals surface area (Å²) in [7, 11) is 0. The van der Waals surface area contributed by atoms with Crippen LogP contribution in [-0.4, -0.2) is 36.2 Å². The second-order valence-electron chi connectivity index (χ2n) is 3.35. The number of nitrogens with zero attached hydrogens (tertiary/aromatic N) is 5. The molecule has 0 saturated heterocycles. The molecule has 0 radical (unpaired) electrons. The van der Waals surface area contributed by atoms with Crippen molar-refractivity contribution in [3.8, 4) is 0 Å². The number of carbonyl (C=O) groups is 1. The second kappa shape index (κ2) is 4.57. The molecule has 2 aromatic rings. The molecule has 9 nitrogen and oxygen atoms in total. The molecule has 1 aromatic carbocycles. The van der Waals surface area contributed by atoms with Crippen molar-refractivity contribution in [1.29, 1.82) is 0 Å². The highest BCUT2D eigenvalue weighted by Crippen LogP contribution is 2.18. The number of aromatic nitrogens is 4. The first-order valence-electron chi connectivity index (χ1n) is 4.81. The Labute approximate surface area is 99.8 Å². The van der Waals surface area contributed by atoms with Crippen molar-refractivity contribution >= 4 is 11.7 Å². The van der Waals surface area contributed by atoms with E-state index in [9.17, 15) is 14.9 Å². The topological polar surface area (TPSA) is 124 Å². The van der Waals surface area contributed by atoms with Gasteiger partial charge in [0.25, 0.3) is 11.5 Å². The van der Waals surface area contributed by atoms with Crippen LogP contribution in [0, 0.1) is 10.1 Å².